The third kappa shape index (κ3) is 3.71. The minimum Gasteiger partial charge on any atom is -0.351 e. The Morgan fingerprint density at radius 3 is 2.25 bits per heavy atom. The van der Waals surface area contributed by atoms with Gasteiger partial charge in [0, 0.05) is 23.4 Å². The van der Waals surface area contributed by atoms with E-state index in [1.807, 2.05) is 0 Å². The van der Waals surface area contributed by atoms with Crippen LogP contribution in [-0.4, -0.2) is 21.5 Å². The van der Waals surface area contributed by atoms with Crippen molar-refractivity contribution in [3.05, 3.63) is 29.8 Å². The summed E-state index contributed by atoms with van der Waals surface area (Å²) in [5.74, 6) is -0.241. The number of nitrogens with zero attached hydrogens (tertiary/aromatic N) is 1. The Hall–Kier alpha value is -1.27. The third-order valence-corrected chi connectivity index (χ3v) is 3.00. The van der Waals surface area contributed by atoms with Gasteiger partial charge in [0.05, 0.1) is 5.75 Å². The van der Waals surface area contributed by atoms with E-state index in [1.165, 1.54) is 11.9 Å². The van der Waals surface area contributed by atoms with Crippen LogP contribution in [0.15, 0.2) is 24.3 Å². The molecule has 2 N–H and O–H groups in total. The molecular formula is C9H11ClN2O3S. The fourth-order valence-electron chi connectivity index (χ4n) is 1.14. The van der Waals surface area contributed by atoms with Crippen LogP contribution in [0.1, 0.15) is 5.56 Å². The van der Waals surface area contributed by atoms with Crippen molar-refractivity contribution in [1.29, 1.82) is 0 Å². The Labute approximate surface area is 98.2 Å². The number of rotatable bonds is 3. The fraction of sp³-hybridized carbons (Fsp3) is 0.222. The van der Waals surface area contributed by atoms with Crippen LogP contribution in [0, 0.1) is 0 Å². The lowest BCUT2D eigenvalue weighted by atomic mass is 10.2. The third-order valence-electron chi connectivity index (χ3n) is 1.99. The summed E-state index contributed by atoms with van der Waals surface area (Å²) < 4.78 is 21.6. The second-order valence-corrected chi connectivity index (χ2v) is 6.02. The van der Waals surface area contributed by atoms with E-state index in [-0.39, 0.29) is 5.75 Å². The summed E-state index contributed by atoms with van der Waals surface area (Å²) in [7, 11) is 3.07. The van der Waals surface area contributed by atoms with Gasteiger partial charge in [0.15, 0.2) is 0 Å². The zero-order chi connectivity index (χ0) is 12.3. The van der Waals surface area contributed by atoms with Crippen molar-refractivity contribution in [1.82, 2.24) is 0 Å². The van der Waals surface area contributed by atoms with Crippen LogP contribution in [0.4, 0.5) is 10.5 Å². The summed E-state index contributed by atoms with van der Waals surface area (Å²) in [5, 5.41) is 0. The van der Waals surface area contributed by atoms with Crippen LogP contribution in [0.5, 0.6) is 0 Å². The van der Waals surface area contributed by atoms with E-state index in [2.05, 4.69) is 0 Å². The summed E-state index contributed by atoms with van der Waals surface area (Å²) in [4.78, 5) is 12.1. The van der Waals surface area contributed by atoms with Gasteiger partial charge >= 0.3 is 6.03 Å². The van der Waals surface area contributed by atoms with Crippen molar-refractivity contribution in [2.24, 2.45) is 5.73 Å². The molecule has 0 aromatic heterocycles. The number of nitrogens with two attached hydrogens (primary N) is 1. The predicted octanol–water partition coefficient (Wildman–Crippen LogP) is 1.27. The number of amides is 2. The van der Waals surface area contributed by atoms with E-state index in [1.54, 1.807) is 24.3 Å². The van der Waals surface area contributed by atoms with Crippen molar-refractivity contribution < 1.29 is 13.2 Å². The molecule has 16 heavy (non-hydrogen) atoms. The topological polar surface area (TPSA) is 80.5 Å². The minimum absolute atomic E-state index is 0.241. The maximum absolute atomic E-state index is 10.8. The highest BCUT2D eigenvalue weighted by Crippen LogP contribution is 2.16. The number of urea groups is 1. The quantitative estimate of drug-likeness (QED) is 0.833. The summed E-state index contributed by atoms with van der Waals surface area (Å²) >= 11 is 0. The van der Waals surface area contributed by atoms with Crippen molar-refractivity contribution >= 4 is 31.5 Å². The maximum atomic E-state index is 10.8. The average molecular weight is 263 g/mol. The first kappa shape index (κ1) is 12.8. The first-order chi connectivity index (χ1) is 7.29. The van der Waals surface area contributed by atoms with Crippen LogP contribution in [0.25, 0.3) is 0 Å². The smallest absolute Gasteiger partial charge is 0.318 e. The monoisotopic (exact) mass is 262 g/mol. The van der Waals surface area contributed by atoms with Gasteiger partial charge in [-0.3, -0.25) is 4.90 Å². The van der Waals surface area contributed by atoms with Crippen LogP contribution < -0.4 is 10.6 Å². The van der Waals surface area contributed by atoms with E-state index in [0.717, 1.165) is 0 Å². The van der Waals surface area contributed by atoms with Crippen LogP contribution in [0.2, 0.25) is 0 Å². The molecular weight excluding hydrogens is 252 g/mol. The van der Waals surface area contributed by atoms with Gasteiger partial charge in [-0.1, -0.05) is 12.1 Å². The zero-order valence-corrected chi connectivity index (χ0v) is 10.1. The lowest BCUT2D eigenvalue weighted by Crippen LogP contribution is -2.31. The Kier molecular flexibility index (Phi) is 3.77. The molecule has 0 fully saturated rings. The Bertz CT molecular complexity index is 484. The number of benzene rings is 1. The van der Waals surface area contributed by atoms with Crippen molar-refractivity contribution in [2.75, 3.05) is 11.9 Å². The molecule has 0 atom stereocenters. The van der Waals surface area contributed by atoms with E-state index in [4.69, 9.17) is 16.4 Å². The number of carbonyl (C=O) groups is 1. The Morgan fingerprint density at radius 2 is 1.88 bits per heavy atom. The summed E-state index contributed by atoms with van der Waals surface area (Å²) in [5.41, 5.74) is 6.22. The number of anilines is 1. The lowest BCUT2D eigenvalue weighted by Gasteiger charge is -2.14. The molecule has 2 amide bonds. The van der Waals surface area contributed by atoms with Crippen molar-refractivity contribution in [2.45, 2.75) is 5.75 Å². The van der Waals surface area contributed by atoms with Gasteiger partial charge in [-0.25, -0.2) is 13.2 Å². The van der Waals surface area contributed by atoms with E-state index in [9.17, 15) is 13.2 Å². The van der Waals surface area contributed by atoms with Crippen molar-refractivity contribution in [3.63, 3.8) is 0 Å². The highest BCUT2D eigenvalue weighted by molar-refractivity contribution is 8.13. The lowest BCUT2D eigenvalue weighted by molar-refractivity contribution is 0.255. The fourth-order valence-corrected chi connectivity index (χ4v) is 2.11. The van der Waals surface area contributed by atoms with E-state index < -0.39 is 15.1 Å². The number of primary amides is 1. The number of carbonyl (C=O) groups excluding carboxylic acids is 1. The zero-order valence-electron chi connectivity index (χ0n) is 8.55. The molecule has 1 aromatic carbocycles. The normalized spacial score (nSPS) is 11.1. The number of halogens is 1. The molecule has 0 unspecified atom stereocenters. The van der Waals surface area contributed by atoms with Crippen molar-refractivity contribution in [3.8, 4) is 0 Å². The van der Waals surface area contributed by atoms with Crippen LogP contribution >= 0.6 is 10.7 Å². The molecule has 5 nitrogen and oxygen atoms in total. The van der Waals surface area contributed by atoms with Gasteiger partial charge in [0.2, 0.25) is 9.05 Å². The summed E-state index contributed by atoms with van der Waals surface area (Å²) in [6.07, 6.45) is 0. The highest BCUT2D eigenvalue weighted by atomic mass is 35.7. The number of hydrogen-bond donors (Lipinski definition) is 1. The first-order valence-electron chi connectivity index (χ1n) is 4.34. The second kappa shape index (κ2) is 4.71. The van der Waals surface area contributed by atoms with Gasteiger partial charge in [-0.2, -0.15) is 0 Å². The molecule has 0 aliphatic rings. The highest BCUT2D eigenvalue weighted by Gasteiger charge is 2.09. The molecule has 88 valence electrons. The van der Waals surface area contributed by atoms with Gasteiger partial charge in [-0.15, -0.1) is 0 Å². The molecule has 1 aromatic rings. The molecule has 0 saturated carbocycles. The molecule has 1 rings (SSSR count). The Morgan fingerprint density at radius 1 is 1.38 bits per heavy atom. The summed E-state index contributed by atoms with van der Waals surface area (Å²) in [6.45, 7) is 0. The molecule has 7 heteroatoms. The molecule has 0 aliphatic carbocycles. The van der Waals surface area contributed by atoms with E-state index in [0.29, 0.717) is 11.3 Å². The maximum Gasteiger partial charge on any atom is 0.318 e. The predicted molar refractivity (Wildman–Crippen MR) is 62.9 cm³/mol. The molecule has 0 spiro atoms. The number of hydrogen-bond acceptors (Lipinski definition) is 3. The SMILES string of the molecule is CN(C(N)=O)c1ccc(CS(=O)(=O)Cl)cc1. The standard InChI is InChI=1S/C9H11ClN2O3S/c1-12(9(11)13)8-4-2-7(3-5-8)6-16(10,14)15/h2-5H,6H2,1H3,(H2,11,13). The second-order valence-electron chi connectivity index (χ2n) is 3.25. The van der Waals surface area contributed by atoms with Crippen LogP contribution in [0.3, 0.4) is 0 Å². The largest absolute Gasteiger partial charge is 0.351 e. The van der Waals surface area contributed by atoms with Crippen LogP contribution in [-0.2, 0) is 14.8 Å². The minimum atomic E-state index is -3.56. The van der Waals surface area contributed by atoms with Gasteiger partial charge in [0.25, 0.3) is 0 Å². The summed E-state index contributed by atoms with van der Waals surface area (Å²) in [6, 6.07) is 5.77. The molecule has 0 radical (unpaired) electrons. The first-order valence-corrected chi connectivity index (χ1v) is 6.82. The van der Waals surface area contributed by atoms with E-state index >= 15 is 0 Å². The van der Waals surface area contributed by atoms with Gasteiger partial charge < -0.3 is 5.73 Å². The Balaban J connectivity index is 2.87. The molecule has 0 heterocycles. The molecule has 0 saturated heterocycles. The average Bonchev–Trinajstić information content (AvgIpc) is 2.15. The molecule has 0 bridgehead atoms. The molecule has 0 aliphatic heterocycles. The van der Waals surface area contributed by atoms with Gasteiger partial charge in [-0.05, 0) is 17.7 Å². The van der Waals surface area contributed by atoms with Gasteiger partial charge in [0.1, 0.15) is 0 Å².